The summed E-state index contributed by atoms with van der Waals surface area (Å²) < 4.78 is 1.32. The van der Waals surface area contributed by atoms with Crippen molar-refractivity contribution in [1.29, 1.82) is 0 Å². The highest BCUT2D eigenvalue weighted by atomic mass is 35.5. The lowest BCUT2D eigenvalue weighted by Crippen LogP contribution is -2.19. The van der Waals surface area contributed by atoms with Crippen molar-refractivity contribution in [2.24, 2.45) is 0 Å². The third-order valence-electron chi connectivity index (χ3n) is 4.41. The monoisotopic (exact) mass is 396 g/mol. The Balaban J connectivity index is 1.76. The van der Waals surface area contributed by atoms with Gasteiger partial charge in [0.05, 0.1) is 5.69 Å². The van der Waals surface area contributed by atoms with Crippen LogP contribution in [0.2, 0.25) is 5.02 Å². The van der Waals surface area contributed by atoms with E-state index in [0.29, 0.717) is 15.8 Å². The number of thioether (sulfide) groups is 1. The number of aryl methyl sites for hydroxylation is 2. The Kier molecular flexibility index (Phi) is 4.76. The summed E-state index contributed by atoms with van der Waals surface area (Å²) in [5.74, 6) is 0.731. The van der Waals surface area contributed by atoms with Crippen LogP contribution in [-0.2, 0) is 5.75 Å². The van der Waals surface area contributed by atoms with Crippen LogP contribution in [0.4, 0.5) is 0 Å². The second-order valence-corrected chi connectivity index (χ2v) is 7.67. The predicted octanol–water partition coefficient (Wildman–Crippen LogP) is 4.65. The standard InChI is InChI=1S/C20H17ClN4OS/c1-12-5-3-4-6-15(12)11-27-19-22-18-17(14-7-9-16(21)10-8-14)13(2)24-25(18)20(26)23-19/h3-10H,11H2,1-2H3,(H,22,23,26). The van der Waals surface area contributed by atoms with Gasteiger partial charge in [-0.1, -0.05) is 59.8 Å². The Morgan fingerprint density at radius 2 is 1.85 bits per heavy atom. The first-order valence-electron chi connectivity index (χ1n) is 8.46. The summed E-state index contributed by atoms with van der Waals surface area (Å²) in [4.78, 5) is 20.0. The van der Waals surface area contributed by atoms with Gasteiger partial charge >= 0.3 is 5.69 Å². The van der Waals surface area contributed by atoms with Crippen LogP contribution >= 0.6 is 23.4 Å². The lowest BCUT2D eigenvalue weighted by molar-refractivity contribution is 0.779. The first-order chi connectivity index (χ1) is 13.0. The van der Waals surface area contributed by atoms with Crippen LogP contribution in [0.1, 0.15) is 16.8 Å². The van der Waals surface area contributed by atoms with Crippen LogP contribution in [0.25, 0.3) is 16.8 Å². The second-order valence-electron chi connectivity index (χ2n) is 6.26. The predicted molar refractivity (Wildman–Crippen MR) is 110 cm³/mol. The molecule has 0 aliphatic carbocycles. The van der Waals surface area contributed by atoms with E-state index in [1.807, 2.05) is 43.3 Å². The molecule has 0 amide bonds. The third-order valence-corrected chi connectivity index (χ3v) is 5.58. The summed E-state index contributed by atoms with van der Waals surface area (Å²) in [6, 6.07) is 15.7. The lowest BCUT2D eigenvalue weighted by atomic mass is 10.1. The van der Waals surface area contributed by atoms with Gasteiger partial charge in [0.15, 0.2) is 10.8 Å². The smallest absolute Gasteiger partial charge is 0.285 e. The molecule has 2 aromatic carbocycles. The number of hydrogen-bond acceptors (Lipinski definition) is 4. The van der Waals surface area contributed by atoms with Gasteiger partial charge in [-0.25, -0.2) is 9.78 Å². The van der Waals surface area contributed by atoms with Gasteiger partial charge in [-0.05, 0) is 42.7 Å². The molecule has 0 atom stereocenters. The van der Waals surface area contributed by atoms with Crippen LogP contribution in [0, 0.1) is 13.8 Å². The van der Waals surface area contributed by atoms with Crippen molar-refractivity contribution in [3.05, 3.63) is 80.9 Å². The molecule has 0 saturated heterocycles. The summed E-state index contributed by atoms with van der Waals surface area (Å²) in [6.45, 7) is 3.95. The molecule has 2 heterocycles. The molecule has 136 valence electrons. The number of halogens is 1. The Morgan fingerprint density at radius 1 is 1.11 bits per heavy atom. The summed E-state index contributed by atoms with van der Waals surface area (Å²) in [6.07, 6.45) is 0. The lowest BCUT2D eigenvalue weighted by Gasteiger charge is -2.06. The molecule has 0 radical (unpaired) electrons. The van der Waals surface area contributed by atoms with Crippen molar-refractivity contribution >= 4 is 29.0 Å². The average Bonchev–Trinajstić information content (AvgIpc) is 2.98. The number of aromatic amines is 1. The van der Waals surface area contributed by atoms with Crippen LogP contribution < -0.4 is 5.69 Å². The molecule has 0 spiro atoms. The highest BCUT2D eigenvalue weighted by molar-refractivity contribution is 7.98. The highest BCUT2D eigenvalue weighted by Gasteiger charge is 2.16. The van der Waals surface area contributed by atoms with Crippen molar-refractivity contribution in [3.63, 3.8) is 0 Å². The molecule has 5 nitrogen and oxygen atoms in total. The molecule has 7 heteroatoms. The number of H-pyrrole nitrogens is 1. The van der Waals surface area contributed by atoms with Crippen molar-refractivity contribution in [2.75, 3.05) is 0 Å². The largest absolute Gasteiger partial charge is 0.350 e. The minimum atomic E-state index is -0.296. The molecule has 1 N–H and O–H groups in total. The van der Waals surface area contributed by atoms with Crippen LogP contribution in [-0.4, -0.2) is 19.6 Å². The first kappa shape index (κ1) is 17.8. The highest BCUT2D eigenvalue weighted by Crippen LogP contribution is 2.29. The van der Waals surface area contributed by atoms with E-state index in [4.69, 9.17) is 11.6 Å². The zero-order valence-corrected chi connectivity index (χ0v) is 16.4. The van der Waals surface area contributed by atoms with Gasteiger partial charge in [-0.2, -0.15) is 9.61 Å². The molecule has 0 fully saturated rings. The Labute approximate surface area is 165 Å². The second kappa shape index (κ2) is 7.21. The Hall–Kier alpha value is -2.57. The van der Waals surface area contributed by atoms with E-state index in [1.165, 1.54) is 27.4 Å². The van der Waals surface area contributed by atoms with E-state index >= 15 is 0 Å². The van der Waals surface area contributed by atoms with Crippen LogP contribution in [0.3, 0.4) is 0 Å². The fourth-order valence-corrected chi connectivity index (χ4v) is 4.02. The van der Waals surface area contributed by atoms with Crippen LogP contribution in [0.5, 0.6) is 0 Å². The van der Waals surface area contributed by atoms with Gasteiger partial charge in [-0.15, -0.1) is 0 Å². The molecule has 0 bridgehead atoms. The quantitative estimate of drug-likeness (QED) is 0.510. The van der Waals surface area contributed by atoms with E-state index in [1.54, 1.807) is 0 Å². The molecule has 0 aliphatic rings. The van der Waals surface area contributed by atoms with E-state index < -0.39 is 0 Å². The number of fused-ring (bicyclic) bond motifs is 1. The summed E-state index contributed by atoms with van der Waals surface area (Å²) in [5, 5.41) is 5.59. The Bertz CT molecular complexity index is 1180. The SMILES string of the molecule is Cc1ccccc1CSc1nc2c(-c3ccc(Cl)cc3)c(C)nn2c(=O)[nH]1. The van der Waals surface area contributed by atoms with E-state index in [9.17, 15) is 4.79 Å². The number of benzene rings is 2. The maximum absolute atomic E-state index is 12.5. The van der Waals surface area contributed by atoms with E-state index in [2.05, 4.69) is 34.1 Å². The van der Waals surface area contributed by atoms with Crippen molar-refractivity contribution in [2.45, 2.75) is 24.8 Å². The molecular formula is C20H17ClN4OS. The fourth-order valence-electron chi connectivity index (χ4n) is 2.97. The first-order valence-corrected chi connectivity index (χ1v) is 9.82. The van der Waals surface area contributed by atoms with Gasteiger partial charge in [0.1, 0.15) is 0 Å². The number of hydrogen-bond donors (Lipinski definition) is 1. The number of rotatable bonds is 4. The molecule has 2 aromatic heterocycles. The molecule has 4 rings (SSSR count). The molecule has 27 heavy (non-hydrogen) atoms. The molecule has 4 aromatic rings. The summed E-state index contributed by atoms with van der Waals surface area (Å²) in [5.41, 5.74) is 5.20. The van der Waals surface area contributed by atoms with Gasteiger partial charge in [0.2, 0.25) is 0 Å². The number of nitrogens with zero attached hydrogens (tertiary/aromatic N) is 3. The van der Waals surface area contributed by atoms with Gasteiger partial charge in [-0.3, -0.25) is 4.98 Å². The molecule has 0 saturated carbocycles. The third kappa shape index (κ3) is 3.50. The molecular weight excluding hydrogens is 380 g/mol. The zero-order chi connectivity index (χ0) is 19.0. The molecule has 0 aliphatic heterocycles. The van der Waals surface area contributed by atoms with Gasteiger partial charge in [0.25, 0.3) is 0 Å². The van der Waals surface area contributed by atoms with Crippen molar-refractivity contribution in [3.8, 4) is 11.1 Å². The normalized spacial score (nSPS) is 11.2. The van der Waals surface area contributed by atoms with Crippen molar-refractivity contribution < 1.29 is 0 Å². The van der Waals surface area contributed by atoms with Gasteiger partial charge < -0.3 is 0 Å². The summed E-state index contributed by atoms with van der Waals surface area (Å²) in [7, 11) is 0. The number of aromatic nitrogens is 4. The topological polar surface area (TPSA) is 63.1 Å². The van der Waals surface area contributed by atoms with Gasteiger partial charge in [0, 0.05) is 16.3 Å². The average molecular weight is 397 g/mol. The molecule has 0 unspecified atom stereocenters. The minimum Gasteiger partial charge on any atom is -0.285 e. The van der Waals surface area contributed by atoms with Crippen LogP contribution in [0.15, 0.2) is 58.5 Å². The van der Waals surface area contributed by atoms with E-state index in [0.717, 1.165) is 22.6 Å². The maximum atomic E-state index is 12.5. The number of nitrogens with one attached hydrogen (secondary N) is 1. The van der Waals surface area contributed by atoms with Crippen molar-refractivity contribution in [1.82, 2.24) is 19.6 Å². The maximum Gasteiger partial charge on any atom is 0.350 e. The minimum absolute atomic E-state index is 0.296. The zero-order valence-electron chi connectivity index (χ0n) is 14.9. The van der Waals surface area contributed by atoms with E-state index in [-0.39, 0.29) is 5.69 Å². The fraction of sp³-hybridized carbons (Fsp3) is 0.150. The summed E-state index contributed by atoms with van der Waals surface area (Å²) >= 11 is 7.50. The Morgan fingerprint density at radius 3 is 2.59 bits per heavy atom.